The number of aliphatic hydroxyl groups excluding tert-OH is 1. The highest BCUT2D eigenvalue weighted by molar-refractivity contribution is 9.09. The van der Waals surface area contributed by atoms with E-state index in [4.69, 9.17) is 4.74 Å². The molecule has 1 N–H and O–H groups in total. The Labute approximate surface area is 262 Å². The standard InChI is InChI=1S/C34H40BrN3O5/c1-4-17-36(20-23-13-9-7-10-14-23)31(40)27-28-32(41)38(25(6-3)22-39)30(34(28)19-26(35)29(27)43-34)33(42)37(18-5-2)21-24-15-11-8-12-16-24/h4-5,7-16,25-30,39H,1-2,6,17-22H2,3H3/t25-,26?,27-,28-,29-,30?,34?/m0/s1. The second-order valence-corrected chi connectivity index (χ2v) is 12.8. The average molecular weight is 651 g/mol. The van der Waals surface area contributed by atoms with Gasteiger partial charge in [0.2, 0.25) is 17.7 Å². The lowest BCUT2D eigenvalue weighted by Gasteiger charge is -2.39. The van der Waals surface area contributed by atoms with E-state index in [-0.39, 0.29) is 35.7 Å². The molecule has 3 saturated heterocycles. The van der Waals surface area contributed by atoms with Crippen LogP contribution in [-0.4, -0.2) is 85.8 Å². The highest BCUT2D eigenvalue weighted by atomic mass is 79.9. The van der Waals surface area contributed by atoms with Crippen molar-refractivity contribution in [2.75, 3.05) is 19.7 Å². The number of carbonyl (C=O) groups is 3. The van der Waals surface area contributed by atoms with Gasteiger partial charge in [-0.1, -0.05) is 95.7 Å². The first kappa shape index (κ1) is 31.2. The largest absolute Gasteiger partial charge is 0.394 e. The summed E-state index contributed by atoms with van der Waals surface area (Å²) >= 11 is 3.76. The Morgan fingerprint density at radius 1 is 1.02 bits per heavy atom. The molecule has 7 atom stereocenters. The van der Waals surface area contributed by atoms with E-state index >= 15 is 0 Å². The number of benzene rings is 2. The summed E-state index contributed by atoms with van der Waals surface area (Å²) in [5.41, 5.74) is 0.700. The molecule has 0 radical (unpaired) electrons. The van der Waals surface area contributed by atoms with E-state index in [1.54, 1.807) is 22.0 Å². The molecule has 43 heavy (non-hydrogen) atoms. The van der Waals surface area contributed by atoms with E-state index in [9.17, 15) is 19.5 Å². The molecule has 2 aromatic carbocycles. The predicted molar refractivity (Wildman–Crippen MR) is 168 cm³/mol. The van der Waals surface area contributed by atoms with E-state index in [2.05, 4.69) is 29.1 Å². The molecule has 9 heteroatoms. The molecule has 228 valence electrons. The summed E-state index contributed by atoms with van der Waals surface area (Å²) in [6.07, 6.45) is 3.63. The van der Waals surface area contributed by atoms with E-state index in [0.717, 1.165) is 11.1 Å². The molecule has 2 bridgehead atoms. The van der Waals surface area contributed by atoms with E-state index in [1.807, 2.05) is 67.6 Å². The number of hydrogen-bond donors (Lipinski definition) is 1. The number of rotatable bonds is 13. The van der Waals surface area contributed by atoms with Gasteiger partial charge in [-0.2, -0.15) is 0 Å². The molecule has 3 aliphatic rings. The summed E-state index contributed by atoms with van der Waals surface area (Å²) in [7, 11) is 0. The number of carbonyl (C=O) groups excluding carboxylic acids is 3. The zero-order valence-corrected chi connectivity index (χ0v) is 26.1. The Bertz CT molecular complexity index is 1340. The number of likely N-dealkylation sites (tertiary alicyclic amines) is 1. The fraction of sp³-hybridized carbons (Fsp3) is 0.441. The number of hydrogen-bond acceptors (Lipinski definition) is 5. The zero-order valence-electron chi connectivity index (χ0n) is 24.6. The maximum Gasteiger partial charge on any atom is 0.249 e. The van der Waals surface area contributed by atoms with Gasteiger partial charge in [0.15, 0.2) is 0 Å². The van der Waals surface area contributed by atoms with Crippen LogP contribution in [-0.2, 0) is 32.2 Å². The van der Waals surface area contributed by atoms with E-state index < -0.39 is 35.6 Å². The van der Waals surface area contributed by atoms with Gasteiger partial charge in [-0.3, -0.25) is 14.4 Å². The number of alkyl halides is 1. The Kier molecular flexibility index (Phi) is 9.54. The van der Waals surface area contributed by atoms with Crippen molar-refractivity contribution in [3.63, 3.8) is 0 Å². The number of fused-ring (bicyclic) bond motifs is 1. The summed E-state index contributed by atoms with van der Waals surface area (Å²) in [6, 6.07) is 17.8. The SMILES string of the molecule is C=CCN(Cc1ccccc1)C(=O)C1N([C@@H](CC)CO)C(=O)[C@@H]2[C@H](C(=O)N(CC=C)Cc3ccccc3)[C@H]3OC12CC3Br. The first-order chi connectivity index (χ1) is 20.8. The molecule has 0 aliphatic carbocycles. The van der Waals surface area contributed by atoms with Gasteiger partial charge in [-0.15, -0.1) is 13.2 Å². The summed E-state index contributed by atoms with van der Waals surface area (Å²) in [5, 5.41) is 10.4. The van der Waals surface area contributed by atoms with Crippen molar-refractivity contribution in [1.29, 1.82) is 0 Å². The first-order valence-electron chi connectivity index (χ1n) is 14.9. The second kappa shape index (κ2) is 13.2. The molecule has 3 aliphatic heterocycles. The highest BCUT2D eigenvalue weighted by Crippen LogP contribution is 2.61. The lowest BCUT2D eigenvalue weighted by molar-refractivity contribution is -0.152. The van der Waals surface area contributed by atoms with E-state index in [1.165, 1.54) is 4.90 Å². The predicted octanol–water partition coefficient (Wildman–Crippen LogP) is 3.93. The van der Waals surface area contributed by atoms with E-state index in [0.29, 0.717) is 32.5 Å². The minimum atomic E-state index is -1.21. The van der Waals surface area contributed by atoms with Crippen molar-refractivity contribution in [3.05, 3.63) is 97.1 Å². The maximum absolute atomic E-state index is 14.6. The molecule has 3 heterocycles. The van der Waals surface area contributed by atoms with Crippen LogP contribution in [0.25, 0.3) is 0 Å². The summed E-state index contributed by atoms with van der Waals surface area (Å²) < 4.78 is 6.72. The van der Waals surface area contributed by atoms with Crippen molar-refractivity contribution in [1.82, 2.24) is 14.7 Å². The van der Waals surface area contributed by atoms with Crippen LogP contribution in [0.5, 0.6) is 0 Å². The molecule has 1 spiro atoms. The molecular weight excluding hydrogens is 610 g/mol. The average Bonchev–Trinajstić information content (AvgIpc) is 3.61. The lowest BCUT2D eigenvalue weighted by Crippen LogP contribution is -2.58. The Balaban J connectivity index is 1.55. The zero-order chi connectivity index (χ0) is 30.7. The quantitative estimate of drug-likeness (QED) is 0.262. The summed E-state index contributed by atoms with van der Waals surface area (Å²) in [6.45, 7) is 10.6. The molecule has 0 saturated carbocycles. The molecule has 5 rings (SSSR count). The third kappa shape index (κ3) is 5.58. The van der Waals surface area contributed by atoms with Gasteiger partial charge >= 0.3 is 0 Å². The number of ether oxygens (including phenoxy) is 1. The fourth-order valence-corrected chi connectivity index (χ4v) is 8.15. The highest BCUT2D eigenvalue weighted by Gasteiger charge is 2.77. The van der Waals surface area contributed by atoms with Crippen LogP contribution in [0.15, 0.2) is 86.0 Å². The van der Waals surface area contributed by atoms with Crippen LogP contribution in [0.1, 0.15) is 30.9 Å². The van der Waals surface area contributed by atoms with Crippen molar-refractivity contribution < 1.29 is 24.2 Å². The van der Waals surface area contributed by atoms with Crippen molar-refractivity contribution >= 4 is 33.7 Å². The van der Waals surface area contributed by atoms with Crippen LogP contribution in [0, 0.1) is 11.8 Å². The normalized spacial score (nSPS) is 27.9. The Morgan fingerprint density at radius 2 is 1.56 bits per heavy atom. The number of halogens is 1. The van der Waals surface area contributed by atoms with Crippen molar-refractivity contribution in [2.45, 2.75) is 61.5 Å². The number of nitrogens with zero attached hydrogens (tertiary/aromatic N) is 3. The molecule has 0 aromatic heterocycles. The number of amides is 3. The first-order valence-corrected chi connectivity index (χ1v) is 15.8. The van der Waals surface area contributed by atoms with Crippen LogP contribution in [0.2, 0.25) is 0 Å². The molecule has 3 fully saturated rings. The second-order valence-electron chi connectivity index (χ2n) is 11.6. The molecule has 8 nitrogen and oxygen atoms in total. The lowest BCUT2D eigenvalue weighted by atomic mass is 9.70. The molecule has 3 unspecified atom stereocenters. The van der Waals surface area contributed by atoms with Gasteiger partial charge in [0.25, 0.3) is 0 Å². The molecule has 3 amide bonds. The van der Waals surface area contributed by atoms with Crippen LogP contribution in [0.3, 0.4) is 0 Å². The minimum Gasteiger partial charge on any atom is -0.394 e. The Morgan fingerprint density at radius 3 is 2.05 bits per heavy atom. The van der Waals surface area contributed by atoms with Crippen LogP contribution >= 0.6 is 15.9 Å². The van der Waals surface area contributed by atoms with Crippen molar-refractivity contribution in [2.24, 2.45) is 11.8 Å². The third-order valence-electron chi connectivity index (χ3n) is 9.08. The minimum absolute atomic E-state index is 0.199. The Hall–Kier alpha value is -3.27. The van der Waals surface area contributed by atoms with Gasteiger partial charge in [-0.25, -0.2) is 0 Å². The van der Waals surface area contributed by atoms with Gasteiger partial charge in [-0.05, 0) is 24.0 Å². The fourth-order valence-electron chi connectivity index (χ4n) is 7.20. The monoisotopic (exact) mass is 649 g/mol. The van der Waals surface area contributed by atoms with Gasteiger partial charge in [0, 0.05) is 31.0 Å². The summed E-state index contributed by atoms with van der Waals surface area (Å²) in [5.74, 6) is -2.41. The molecular formula is C34H40BrN3O5. The smallest absolute Gasteiger partial charge is 0.249 e. The van der Waals surface area contributed by atoms with Crippen molar-refractivity contribution in [3.8, 4) is 0 Å². The maximum atomic E-state index is 14.6. The van der Waals surface area contributed by atoms with Gasteiger partial charge in [0.1, 0.15) is 11.6 Å². The summed E-state index contributed by atoms with van der Waals surface area (Å²) in [4.78, 5) is 48.2. The van der Waals surface area contributed by atoms with Crippen LogP contribution < -0.4 is 0 Å². The van der Waals surface area contributed by atoms with Gasteiger partial charge < -0.3 is 24.5 Å². The third-order valence-corrected chi connectivity index (χ3v) is 9.92. The van der Waals surface area contributed by atoms with Crippen LogP contribution in [0.4, 0.5) is 0 Å². The topological polar surface area (TPSA) is 90.4 Å². The number of aliphatic hydroxyl groups is 1. The molecule has 2 aromatic rings. The van der Waals surface area contributed by atoms with Gasteiger partial charge in [0.05, 0.1) is 30.6 Å².